The molecule has 3 aromatic heterocycles. The highest BCUT2D eigenvalue weighted by Gasteiger charge is 2.22. The van der Waals surface area contributed by atoms with Crippen molar-refractivity contribution in [3.63, 3.8) is 0 Å². The van der Waals surface area contributed by atoms with E-state index < -0.39 is 60.4 Å². The number of para-hydroxylation sites is 4. The summed E-state index contributed by atoms with van der Waals surface area (Å²) in [5, 5.41) is 2.12. The van der Waals surface area contributed by atoms with Crippen molar-refractivity contribution in [2.75, 3.05) is 0 Å². The summed E-state index contributed by atoms with van der Waals surface area (Å²) in [7, 11) is 0. The molecule has 0 aliphatic heterocycles. The maximum atomic E-state index is 9.04. The van der Waals surface area contributed by atoms with Crippen molar-refractivity contribution in [2.45, 2.75) is 26.7 Å². The van der Waals surface area contributed by atoms with Crippen LogP contribution in [0.15, 0.2) is 212 Å². The molecule has 8 aromatic carbocycles. The lowest BCUT2D eigenvalue weighted by Gasteiger charge is -2.21. The summed E-state index contributed by atoms with van der Waals surface area (Å²) in [5.74, 6) is 2.53. The van der Waals surface area contributed by atoms with Crippen molar-refractivity contribution in [2.24, 2.45) is 5.92 Å². The van der Waals surface area contributed by atoms with Crippen molar-refractivity contribution < 1.29 is 23.0 Å². The minimum absolute atomic E-state index is 0.130. The van der Waals surface area contributed by atoms with E-state index >= 15 is 0 Å². The summed E-state index contributed by atoms with van der Waals surface area (Å²) in [6, 6.07) is 41.4. The standard InChI is InChI=1S/C59H46N4O/c1-40(2)41(3)52-37-58(60-38-53(52)44-23-11-6-12-24-44)63-54-30-14-13-27-50(54)51-34-33-47(36-57(51)63)64-46-26-17-25-45(35-46)61-39-62(56-32-16-15-31-55(56)61)59-48(42-19-7-4-8-20-42)28-18-29-49(59)43-21-9-5-10-22-43/h4-38,40-41H,1-3H3/i4D,5D,7D,8D,9D,10D,19D,20D,21D,22D. The van der Waals surface area contributed by atoms with Crippen molar-refractivity contribution in [1.29, 1.82) is 0 Å². The fraction of sp³-hybridized carbons (Fsp3) is 0.0847. The SMILES string of the molecule is [2H]c1c([2H])c([2H])c(-c2cccc(-c3c([2H])c([2H])c([2H])c([2H])c3[2H])c2-[n+]2[c-]n(-c3cccc(Oc4ccc5c6ccccc6n(-c6cc(C(C)C(C)C)c(-c7ccccc7)cn6)c5c4)c3)c3ccccc32)c([2H])c1[2H]. The first kappa shape index (κ1) is 29.3. The molecule has 5 heteroatoms. The number of nitrogens with zero attached hydrogens (tertiary/aromatic N) is 4. The molecule has 11 aromatic rings. The average Bonchev–Trinajstić information content (AvgIpc) is 3.97. The first-order valence-corrected chi connectivity index (χ1v) is 21.2. The molecule has 0 amide bonds. The van der Waals surface area contributed by atoms with E-state index in [4.69, 9.17) is 23.4 Å². The van der Waals surface area contributed by atoms with Crippen molar-refractivity contribution >= 4 is 32.8 Å². The number of aromatic nitrogens is 4. The molecule has 0 fully saturated rings. The van der Waals surface area contributed by atoms with Gasteiger partial charge in [-0.15, -0.1) is 0 Å². The van der Waals surface area contributed by atoms with Crippen LogP contribution in [0.1, 0.15) is 46.0 Å². The highest BCUT2D eigenvalue weighted by Crippen LogP contribution is 2.39. The number of ether oxygens (including phenoxy) is 1. The van der Waals surface area contributed by atoms with Crippen LogP contribution in [0.25, 0.3) is 83.4 Å². The average molecular weight is 837 g/mol. The summed E-state index contributed by atoms with van der Waals surface area (Å²) >= 11 is 0. The van der Waals surface area contributed by atoms with Gasteiger partial charge in [0, 0.05) is 28.6 Å². The molecule has 64 heavy (non-hydrogen) atoms. The topological polar surface area (TPSA) is 35.9 Å². The van der Waals surface area contributed by atoms with Gasteiger partial charge in [-0.2, -0.15) is 0 Å². The van der Waals surface area contributed by atoms with Gasteiger partial charge in [0.05, 0.1) is 47.1 Å². The Bertz CT molecular complexity index is 3930. The first-order valence-electron chi connectivity index (χ1n) is 26.2. The van der Waals surface area contributed by atoms with Crippen LogP contribution in [-0.4, -0.2) is 14.1 Å². The number of hydrogen-bond acceptors (Lipinski definition) is 2. The lowest BCUT2D eigenvalue weighted by atomic mass is 9.86. The Kier molecular flexibility index (Phi) is 7.49. The Balaban J connectivity index is 1.06. The molecule has 0 saturated carbocycles. The van der Waals surface area contributed by atoms with Crippen molar-refractivity contribution in [3.8, 4) is 62.1 Å². The molecule has 1 unspecified atom stereocenters. The lowest BCUT2D eigenvalue weighted by molar-refractivity contribution is -0.571. The van der Waals surface area contributed by atoms with Gasteiger partial charge in [0.25, 0.3) is 6.33 Å². The third-order valence-corrected chi connectivity index (χ3v) is 12.0. The first-order chi connectivity index (χ1) is 35.6. The monoisotopic (exact) mass is 836 g/mol. The fourth-order valence-corrected chi connectivity index (χ4v) is 8.63. The second kappa shape index (κ2) is 16.4. The molecule has 308 valence electrons. The molecular weight excluding hydrogens is 781 g/mol. The van der Waals surface area contributed by atoms with Gasteiger partial charge in [-0.1, -0.05) is 178 Å². The fourth-order valence-electron chi connectivity index (χ4n) is 8.63. The second-order valence-corrected chi connectivity index (χ2v) is 16.1. The van der Waals surface area contributed by atoms with Crippen LogP contribution in [0, 0.1) is 12.2 Å². The van der Waals surface area contributed by atoms with Crippen LogP contribution in [0.3, 0.4) is 0 Å². The zero-order valence-corrected chi connectivity index (χ0v) is 35.3. The summed E-state index contributed by atoms with van der Waals surface area (Å²) < 4.78 is 99.5. The van der Waals surface area contributed by atoms with E-state index in [2.05, 4.69) is 80.2 Å². The zero-order valence-electron chi connectivity index (χ0n) is 45.3. The smallest absolute Gasteiger partial charge is 0.269 e. The van der Waals surface area contributed by atoms with Crippen LogP contribution < -0.4 is 9.30 Å². The normalized spacial score (nSPS) is 14.2. The van der Waals surface area contributed by atoms with Gasteiger partial charge in [0.2, 0.25) is 0 Å². The number of imidazole rings is 1. The second-order valence-electron chi connectivity index (χ2n) is 16.1. The summed E-state index contributed by atoms with van der Waals surface area (Å²) in [4.78, 5) is 5.12. The minimum Gasteiger partial charge on any atom is -0.458 e. The maximum Gasteiger partial charge on any atom is 0.269 e. The highest BCUT2D eigenvalue weighted by atomic mass is 16.5. The van der Waals surface area contributed by atoms with Crippen molar-refractivity contribution in [1.82, 2.24) is 14.1 Å². The minimum atomic E-state index is -0.566. The predicted molar refractivity (Wildman–Crippen MR) is 262 cm³/mol. The molecule has 0 saturated heterocycles. The molecule has 11 rings (SSSR count). The van der Waals surface area contributed by atoms with Gasteiger partial charge in [-0.05, 0) is 87.7 Å². The summed E-state index contributed by atoms with van der Waals surface area (Å²) in [6.45, 7) is 6.75. The van der Waals surface area contributed by atoms with Gasteiger partial charge < -0.3 is 4.74 Å². The number of rotatable bonds is 10. The van der Waals surface area contributed by atoms with Gasteiger partial charge in [0.1, 0.15) is 17.3 Å². The van der Waals surface area contributed by atoms with E-state index in [-0.39, 0.29) is 33.9 Å². The Morgan fingerprint density at radius 1 is 0.562 bits per heavy atom. The van der Waals surface area contributed by atoms with E-state index in [1.807, 2.05) is 85.1 Å². The van der Waals surface area contributed by atoms with Gasteiger partial charge in [-0.25, -0.2) is 4.98 Å². The molecule has 1 atom stereocenters. The van der Waals surface area contributed by atoms with Gasteiger partial charge in [0.15, 0.2) is 0 Å². The number of hydrogen-bond donors (Lipinski definition) is 0. The Labute approximate surface area is 387 Å². The third kappa shape index (κ3) is 6.92. The summed E-state index contributed by atoms with van der Waals surface area (Å²) in [6.07, 6.45) is 5.44. The van der Waals surface area contributed by atoms with Crippen molar-refractivity contribution in [3.05, 3.63) is 224 Å². The Hall–Kier alpha value is -8.02. The molecule has 0 aliphatic carbocycles. The largest absolute Gasteiger partial charge is 0.458 e. The molecule has 0 bridgehead atoms. The molecule has 0 spiro atoms. The molecule has 0 aliphatic rings. The van der Waals surface area contributed by atoms with Gasteiger partial charge in [-0.3, -0.25) is 13.7 Å². The molecule has 0 N–H and O–H groups in total. The van der Waals surface area contributed by atoms with Gasteiger partial charge >= 0.3 is 0 Å². The summed E-state index contributed by atoms with van der Waals surface area (Å²) in [5.41, 5.74) is 7.44. The zero-order chi connectivity index (χ0) is 51.9. The number of fused-ring (bicyclic) bond motifs is 4. The van der Waals surface area contributed by atoms with E-state index in [0.717, 1.165) is 38.8 Å². The Morgan fingerprint density at radius 3 is 1.94 bits per heavy atom. The Morgan fingerprint density at radius 2 is 1.20 bits per heavy atom. The van der Waals surface area contributed by atoms with Crippen LogP contribution in [-0.2, 0) is 0 Å². The molecular formula is C59H46N4O. The maximum absolute atomic E-state index is 9.04. The van der Waals surface area contributed by atoms with E-state index in [9.17, 15) is 0 Å². The molecule has 5 nitrogen and oxygen atoms in total. The van der Waals surface area contributed by atoms with Crippen LogP contribution in [0.4, 0.5) is 0 Å². The molecule has 0 radical (unpaired) electrons. The highest BCUT2D eigenvalue weighted by molar-refractivity contribution is 6.09. The predicted octanol–water partition coefficient (Wildman–Crippen LogP) is 14.8. The lowest BCUT2D eigenvalue weighted by Crippen LogP contribution is -2.31. The van der Waals surface area contributed by atoms with Crippen LogP contribution >= 0.6 is 0 Å². The van der Waals surface area contributed by atoms with E-state index in [1.165, 1.54) is 5.56 Å². The number of pyridine rings is 1. The van der Waals surface area contributed by atoms with Crippen LogP contribution in [0.5, 0.6) is 11.5 Å². The molecule has 3 heterocycles. The third-order valence-electron chi connectivity index (χ3n) is 12.0. The quantitative estimate of drug-likeness (QED) is 0.102. The van der Waals surface area contributed by atoms with E-state index in [0.29, 0.717) is 34.1 Å². The van der Waals surface area contributed by atoms with Crippen LogP contribution in [0.2, 0.25) is 0 Å². The number of benzene rings is 8. The van der Waals surface area contributed by atoms with E-state index in [1.54, 1.807) is 27.3 Å².